The van der Waals surface area contributed by atoms with Gasteiger partial charge in [0.25, 0.3) is 5.91 Å². The molecule has 1 saturated carbocycles. The molecule has 194 valence electrons. The Kier molecular flexibility index (Phi) is 7.58. The average Bonchev–Trinajstić information content (AvgIpc) is 3.36. The van der Waals surface area contributed by atoms with Gasteiger partial charge >= 0.3 is 0 Å². The Bertz CT molecular complexity index is 1050. The Morgan fingerprint density at radius 2 is 1.89 bits per heavy atom. The molecule has 36 heavy (non-hydrogen) atoms. The van der Waals surface area contributed by atoms with Gasteiger partial charge in [0, 0.05) is 30.9 Å². The second kappa shape index (κ2) is 10.9. The summed E-state index contributed by atoms with van der Waals surface area (Å²) in [7, 11) is 0. The van der Waals surface area contributed by atoms with Crippen molar-refractivity contribution in [1.29, 1.82) is 0 Å². The van der Waals surface area contributed by atoms with E-state index in [1.807, 2.05) is 12.1 Å². The Labute approximate surface area is 213 Å². The maximum Gasteiger partial charge on any atom is 0.257 e. The first-order valence-electron chi connectivity index (χ1n) is 13.5. The summed E-state index contributed by atoms with van der Waals surface area (Å²) in [6.07, 6.45) is 9.72. The molecule has 1 aliphatic carbocycles. The second-order valence-electron chi connectivity index (χ2n) is 11.3. The number of carbonyl (C=O) groups excluding carboxylic acids is 1. The number of halogens is 1. The average molecular weight is 496 g/mol. The van der Waals surface area contributed by atoms with Gasteiger partial charge in [-0.1, -0.05) is 19.4 Å². The zero-order valence-electron chi connectivity index (χ0n) is 21.3. The van der Waals surface area contributed by atoms with E-state index in [4.69, 9.17) is 4.74 Å². The minimum Gasteiger partial charge on any atom is -0.477 e. The fraction of sp³-hybridized carbons (Fsp3) is 0.586. The standard InChI is InChI=1S/C29H38FN3O3/c1-29(11-3-12-29)20-32-14-9-21(10-15-32)19-36-27-8-6-23(17-31-27)22-5-7-25(26(30)16-22)28(35)33-13-2-4-24(33)18-34/h5-8,16-17,21,24,34H,2-4,9-15,18-20H2,1H3/t24-/m1/s1. The van der Waals surface area contributed by atoms with Crippen LogP contribution in [0, 0.1) is 17.2 Å². The van der Waals surface area contributed by atoms with Gasteiger partial charge in [-0.15, -0.1) is 0 Å². The molecular formula is C29H38FN3O3. The minimum atomic E-state index is -0.556. The van der Waals surface area contributed by atoms with Crippen molar-refractivity contribution in [2.75, 3.05) is 39.4 Å². The molecule has 5 rings (SSSR count). The summed E-state index contributed by atoms with van der Waals surface area (Å²) in [6.45, 7) is 7.09. The molecule has 0 unspecified atom stereocenters. The lowest BCUT2D eigenvalue weighted by Gasteiger charge is -2.44. The summed E-state index contributed by atoms with van der Waals surface area (Å²) < 4.78 is 20.8. The SMILES string of the molecule is CC1(CN2CCC(COc3ccc(-c4ccc(C(=O)N5CCC[C@@H]5CO)c(F)c4)cn3)CC2)CCC1. The van der Waals surface area contributed by atoms with Gasteiger partial charge in [0.05, 0.1) is 24.8 Å². The topological polar surface area (TPSA) is 65.9 Å². The lowest BCUT2D eigenvalue weighted by Crippen LogP contribution is -2.44. The number of piperidine rings is 1. The number of carbonyl (C=O) groups is 1. The lowest BCUT2D eigenvalue weighted by molar-refractivity contribution is 0.0561. The van der Waals surface area contributed by atoms with Crippen molar-refractivity contribution in [1.82, 2.24) is 14.8 Å². The predicted octanol–water partition coefficient (Wildman–Crippen LogP) is 4.77. The Balaban J connectivity index is 1.13. The summed E-state index contributed by atoms with van der Waals surface area (Å²) >= 11 is 0. The number of hydrogen-bond donors (Lipinski definition) is 1. The van der Waals surface area contributed by atoms with Crippen molar-refractivity contribution in [2.24, 2.45) is 11.3 Å². The van der Waals surface area contributed by atoms with Crippen LogP contribution in [-0.2, 0) is 0 Å². The summed E-state index contributed by atoms with van der Waals surface area (Å²) in [5, 5.41) is 9.48. The number of pyridine rings is 1. The lowest BCUT2D eigenvalue weighted by atomic mass is 9.70. The smallest absolute Gasteiger partial charge is 0.257 e. The molecule has 1 amide bonds. The highest BCUT2D eigenvalue weighted by molar-refractivity contribution is 5.95. The van der Waals surface area contributed by atoms with E-state index in [1.165, 1.54) is 37.9 Å². The molecule has 1 aromatic heterocycles. The Morgan fingerprint density at radius 1 is 1.11 bits per heavy atom. The van der Waals surface area contributed by atoms with Crippen LogP contribution in [0.15, 0.2) is 36.5 Å². The Hall–Kier alpha value is -2.51. The number of hydrogen-bond acceptors (Lipinski definition) is 5. The van der Waals surface area contributed by atoms with E-state index in [0.717, 1.165) is 44.3 Å². The molecule has 0 radical (unpaired) electrons. The van der Waals surface area contributed by atoms with Crippen molar-refractivity contribution in [3.05, 3.63) is 47.9 Å². The van der Waals surface area contributed by atoms with Gasteiger partial charge in [-0.25, -0.2) is 9.37 Å². The molecule has 3 aliphatic rings. The fourth-order valence-electron chi connectivity index (χ4n) is 5.94. The number of ether oxygens (including phenoxy) is 1. The molecule has 1 N–H and O–H groups in total. The molecule has 2 aliphatic heterocycles. The van der Waals surface area contributed by atoms with Crippen LogP contribution in [0.25, 0.3) is 11.1 Å². The largest absolute Gasteiger partial charge is 0.477 e. The normalized spacial score (nSPS) is 22.4. The van der Waals surface area contributed by atoms with Gasteiger partial charge in [-0.3, -0.25) is 4.79 Å². The number of aliphatic hydroxyl groups excluding tert-OH is 1. The van der Waals surface area contributed by atoms with Crippen LogP contribution >= 0.6 is 0 Å². The maximum absolute atomic E-state index is 14.9. The summed E-state index contributed by atoms with van der Waals surface area (Å²) in [4.78, 5) is 21.4. The van der Waals surface area contributed by atoms with E-state index in [2.05, 4.69) is 16.8 Å². The van der Waals surface area contributed by atoms with Crippen molar-refractivity contribution in [3.63, 3.8) is 0 Å². The van der Waals surface area contributed by atoms with Crippen LogP contribution in [0.5, 0.6) is 5.88 Å². The number of aromatic nitrogens is 1. The summed E-state index contributed by atoms with van der Waals surface area (Å²) in [6, 6.07) is 8.14. The molecule has 3 fully saturated rings. The highest BCUT2D eigenvalue weighted by Gasteiger charge is 2.34. The van der Waals surface area contributed by atoms with Gasteiger partial charge in [0.15, 0.2) is 0 Å². The van der Waals surface area contributed by atoms with Crippen LogP contribution in [0.2, 0.25) is 0 Å². The molecule has 1 aromatic carbocycles. The van der Waals surface area contributed by atoms with E-state index in [9.17, 15) is 14.3 Å². The maximum atomic E-state index is 14.9. The monoisotopic (exact) mass is 495 g/mol. The number of amides is 1. The molecule has 2 saturated heterocycles. The highest BCUT2D eigenvalue weighted by atomic mass is 19.1. The fourth-order valence-corrected chi connectivity index (χ4v) is 5.94. The second-order valence-corrected chi connectivity index (χ2v) is 11.3. The molecule has 0 spiro atoms. The molecule has 2 aromatic rings. The van der Waals surface area contributed by atoms with Gasteiger partial charge < -0.3 is 19.6 Å². The first kappa shape index (κ1) is 25.2. The molecule has 6 nitrogen and oxygen atoms in total. The number of rotatable bonds is 8. The summed E-state index contributed by atoms with van der Waals surface area (Å²) in [5.74, 6) is 0.219. The zero-order chi connectivity index (χ0) is 25.1. The number of likely N-dealkylation sites (tertiary alicyclic amines) is 2. The van der Waals surface area contributed by atoms with Crippen molar-refractivity contribution in [3.8, 4) is 17.0 Å². The quantitative estimate of drug-likeness (QED) is 0.572. The number of aliphatic hydroxyl groups is 1. The predicted molar refractivity (Wildman–Crippen MR) is 137 cm³/mol. The molecule has 7 heteroatoms. The van der Waals surface area contributed by atoms with Crippen molar-refractivity contribution < 1.29 is 19.0 Å². The van der Waals surface area contributed by atoms with Gasteiger partial charge in [-0.2, -0.15) is 0 Å². The first-order valence-corrected chi connectivity index (χ1v) is 13.5. The van der Waals surface area contributed by atoms with Gasteiger partial charge in [0.2, 0.25) is 5.88 Å². The van der Waals surface area contributed by atoms with E-state index >= 15 is 0 Å². The van der Waals surface area contributed by atoms with Crippen LogP contribution in [0.4, 0.5) is 4.39 Å². The third kappa shape index (κ3) is 5.57. The van der Waals surface area contributed by atoms with E-state index in [0.29, 0.717) is 35.9 Å². The number of nitrogens with zero attached hydrogens (tertiary/aromatic N) is 3. The van der Waals surface area contributed by atoms with Crippen LogP contribution in [0.1, 0.15) is 62.2 Å². The summed E-state index contributed by atoms with van der Waals surface area (Å²) in [5.41, 5.74) is 2.02. The Morgan fingerprint density at radius 3 is 2.53 bits per heavy atom. The van der Waals surface area contributed by atoms with Crippen LogP contribution < -0.4 is 4.74 Å². The van der Waals surface area contributed by atoms with Crippen molar-refractivity contribution in [2.45, 2.75) is 57.9 Å². The minimum absolute atomic E-state index is 0.0415. The number of benzene rings is 1. The first-order chi connectivity index (χ1) is 17.4. The van der Waals surface area contributed by atoms with Crippen molar-refractivity contribution >= 4 is 5.91 Å². The molecule has 0 bridgehead atoms. The van der Waals surface area contributed by atoms with Gasteiger partial charge in [-0.05, 0) is 86.7 Å². The van der Waals surface area contributed by atoms with Gasteiger partial charge in [0.1, 0.15) is 5.82 Å². The van der Waals surface area contributed by atoms with E-state index in [1.54, 1.807) is 17.2 Å². The van der Waals surface area contributed by atoms with E-state index in [-0.39, 0.29) is 24.1 Å². The highest BCUT2D eigenvalue weighted by Crippen LogP contribution is 2.41. The third-order valence-electron chi connectivity index (χ3n) is 8.46. The van der Waals surface area contributed by atoms with Crippen LogP contribution in [0.3, 0.4) is 0 Å². The van der Waals surface area contributed by atoms with E-state index < -0.39 is 5.82 Å². The zero-order valence-corrected chi connectivity index (χ0v) is 21.3. The van der Waals surface area contributed by atoms with Crippen LogP contribution in [-0.4, -0.2) is 71.2 Å². The molecular weight excluding hydrogens is 457 g/mol. The molecule has 1 atom stereocenters. The third-order valence-corrected chi connectivity index (χ3v) is 8.46. The molecule has 3 heterocycles.